The van der Waals surface area contributed by atoms with Crippen molar-refractivity contribution in [3.63, 3.8) is 0 Å². The first-order valence-electron chi connectivity index (χ1n) is 7.67. The first-order valence-corrected chi connectivity index (χ1v) is 10.3. The number of hydrogen-bond acceptors (Lipinski definition) is 3. The molecule has 3 N–H and O–H groups in total. The summed E-state index contributed by atoms with van der Waals surface area (Å²) in [5.41, 5.74) is 0.922. The van der Waals surface area contributed by atoms with E-state index in [1.165, 1.54) is 0 Å². The van der Waals surface area contributed by atoms with E-state index in [1.807, 2.05) is 19.9 Å². The summed E-state index contributed by atoms with van der Waals surface area (Å²) in [5.74, 6) is 0.648. The normalized spacial score (nSPS) is 13.6. The van der Waals surface area contributed by atoms with Gasteiger partial charge in [-0.15, -0.1) is 0 Å². The second-order valence-electron chi connectivity index (χ2n) is 5.31. The Hall–Kier alpha value is -1.02. The van der Waals surface area contributed by atoms with Gasteiger partial charge in [-0.2, -0.15) is 0 Å². The van der Waals surface area contributed by atoms with Crippen molar-refractivity contribution >= 4 is 39.2 Å². The lowest BCUT2D eigenvalue weighted by Crippen LogP contribution is -2.39. The van der Waals surface area contributed by atoms with Gasteiger partial charge in [-0.05, 0) is 38.0 Å². The van der Waals surface area contributed by atoms with Gasteiger partial charge in [0.2, 0.25) is 10.0 Å². The molecule has 0 bridgehead atoms. The third-order valence-electron chi connectivity index (χ3n) is 3.10. The van der Waals surface area contributed by atoms with Crippen LogP contribution in [0.1, 0.15) is 31.9 Å². The maximum Gasteiger partial charge on any atom is 0.208 e. The molecule has 1 aromatic carbocycles. The predicted molar refractivity (Wildman–Crippen MR) is 101 cm³/mol. The Kier molecular flexibility index (Phi) is 8.83. The van der Waals surface area contributed by atoms with Gasteiger partial charge in [0.15, 0.2) is 5.96 Å². The second kappa shape index (κ2) is 10.1. The Morgan fingerprint density at radius 2 is 2.04 bits per heavy atom. The SMILES string of the molecule is CCNC(=NCCCNS(C)(=O)=O)NC(C)c1ccc(Cl)cc1Cl. The molecule has 0 amide bonds. The van der Waals surface area contributed by atoms with Crippen LogP contribution in [0.4, 0.5) is 0 Å². The van der Waals surface area contributed by atoms with E-state index in [1.54, 1.807) is 12.1 Å². The molecule has 0 saturated carbocycles. The average molecular weight is 395 g/mol. The standard InChI is InChI=1S/C15H24Cl2N4O2S/c1-4-18-15(19-8-5-9-20-24(3,22)23)21-11(2)13-7-6-12(16)10-14(13)17/h6-7,10-11,20H,4-5,8-9H2,1-3H3,(H2,18,19,21). The van der Waals surface area contributed by atoms with E-state index < -0.39 is 10.0 Å². The minimum Gasteiger partial charge on any atom is -0.357 e. The van der Waals surface area contributed by atoms with Crippen LogP contribution in [0, 0.1) is 0 Å². The van der Waals surface area contributed by atoms with E-state index in [2.05, 4.69) is 20.3 Å². The fourth-order valence-electron chi connectivity index (χ4n) is 1.98. The molecular formula is C15H24Cl2N4O2S. The topological polar surface area (TPSA) is 82.6 Å². The molecule has 0 spiro atoms. The van der Waals surface area contributed by atoms with Crippen LogP contribution < -0.4 is 15.4 Å². The quantitative estimate of drug-likeness (QED) is 0.359. The van der Waals surface area contributed by atoms with Gasteiger partial charge >= 0.3 is 0 Å². The summed E-state index contributed by atoms with van der Waals surface area (Å²) in [5, 5.41) is 7.61. The molecule has 136 valence electrons. The van der Waals surface area contributed by atoms with Crippen molar-refractivity contribution < 1.29 is 8.42 Å². The Morgan fingerprint density at radius 1 is 1.33 bits per heavy atom. The van der Waals surface area contributed by atoms with Crippen LogP contribution in [0.5, 0.6) is 0 Å². The Labute approximate surface area is 154 Å². The van der Waals surface area contributed by atoms with Gasteiger partial charge in [0.25, 0.3) is 0 Å². The third-order valence-corrected chi connectivity index (χ3v) is 4.39. The summed E-state index contributed by atoms with van der Waals surface area (Å²) in [6.07, 6.45) is 1.75. The lowest BCUT2D eigenvalue weighted by Gasteiger charge is -2.19. The summed E-state index contributed by atoms with van der Waals surface area (Å²) in [7, 11) is -3.15. The van der Waals surface area contributed by atoms with Gasteiger partial charge in [-0.1, -0.05) is 29.3 Å². The fraction of sp³-hybridized carbons (Fsp3) is 0.533. The van der Waals surface area contributed by atoms with Gasteiger partial charge in [-0.25, -0.2) is 13.1 Å². The van der Waals surface area contributed by atoms with Gasteiger partial charge in [-0.3, -0.25) is 4.99 Å². The maximum atomic E-state index is 11.0. The number of hydrogen-bond donors (Lipinski definition) is 3. The minimum atomic E-state index is -3.15. The first-order chi connectivity index (χ1) is 11.2. The second-order valence-corrected chi connectivity index (χ2v) is 7.99. The van der Waals surface area contributed by atoms with Crippen molar-refractivity contribution in [1.29, 1.82) is 0 Å². The summed E-state index contributed by atoms with van der Waals surface area (Å²) in [6, 6.07) is 5.32. The largest absolute Gasteiger partial charge is 0.357 e. The summed E-state index contributed by atoms with van der Waals surface area (Å²) >= 11 is 12.1. The predicted octanol–water partition coefficient (Wildman–Crippen LogP) is 2.55. The van der Waals surface area contributed by atoms with Crippen LogP contribution >= 0.6 is 23.2 Å². The number of rotatable bonds is 8. The minimum absolute atomic E-state index is 0.0540. The van der Waals surface area contributed by atoms with E-state index in [4.69, 9.17) is 23.2 Å². The van der Waals surface area contributed by atoms with Gasteiger partial charge < -0.3 is 10.6 Å². The van der Waals surface area contributed by atoms with E-state index in [9.17, 15) is 8.42 Å². The Morgan fingerprint density at radius 3 is 2.62 bits per heavy atom. The molecule has 6 nitrogen and oxygen atoms in total. The number of nitrogens with one attached hydrogen (secondary N) is 3. The number of sulfonamides is 1. The van der Waals surface area contributed by atoms with Crippen molar-refractivity contribution in [2.45, 2.75) is 26.3 Å². The van der Waals surface area contributed by atoms with Crippen molar-refractivity contribution in [3.8, 4) is 0 Å². The molecule has 0 fully saturated rings. The first kappa shape index (κ1) is 21.0. The van der Waals surface area contributed by atoms with Crippen LogP contribution in [0.15, 0.2) is 23.2 Å². The van der Waals surface area contributed by atoms with Crippen LogP contribution in [-0.2, 0) is 10.0 Å². The molecule has 0 aliphatic heterocycles. The molecule has 1 unspecified atom stereocenters. The Bertz CT molecular complexity index is 665. The van der Waals surface area contributed by atoms with Crippen LogP contribution in [-0.4, -0.2) is 40.3 Å². The molecule has 0 aromatic heterocycles. The molecule has 1 rings (SSSR count). The zero-order chi connectivity index (χ0) is 18.2. The highest BCUT2D eigenvalue weighted by molar-refractivity contribution is 7.88. The van der Waals surface area contributed by atoms with Crippen molar-refractivity contribution in [2.75, 3.05) is 25.9 Å². The maximum absolute atomic E-state index is 11.0. The van der Waals surface area contributed by atoms with Crippen LogP contribution in [0.3, 0.4) is 0 Å². The number of aliphatic imine (C=N–C) groups is 1. The van der Waals surface area contributed by atoms with Crippen molar-refractivity contribution in [1.82, 2.24) is 15.4 Å². The van der Waals surface area contributed by atoms with Crippen molar-refractivity contribution in [3.05, 3.63) is 33.8 Å². The highest BCUT2D eigenvalue weighted by Crippen LogP contribution is 2.25. The number of halogens is 2. The monoisotopic (exact) mass is 394 g/mol. The molecule has 0 aliphatic carbocycles. The lowest BCUT2D eigenvalue weighted by atomic mass is 10.1. The van der Waals surface area contributed by atoms with E-state index >= 15 is 0 Å². The third kappa shape index (κ3) is 8.19. The zero-order valence-corrected chi connectivity index (χ0v) is 16.4. The molecule has 0 heterocycles. The van der Waals surface area contributed by atoms with Gasteiger partial charge in [0.05, 0.1) is 12.3 Å². The number of benzene rings is 1. The average Bonchev–Trinajstić information content (AvgIpc) is 2.45. The number of guanidine groups is 1. The number of nitrogens with zero attached hydrogens (tertiary/aromatic N) is 1. The summed E-state index contributed by atoms with van der Waals surface area (Å²) in [4.78, 5) is 4.44. The van der Waals surface area contributed by atoms with E-state index in [0.717, 1.165) is 11.8 Å². The molecule has 1 aromatic rings. The van der Waals surface area contributed by atoms with Crippen LogP contribution in [0.2, 0.25) is 10.0 Å². The molecule has 0 aliphatic rings. The van der Waals surface area contributed by atoms with E-state index in [0.29, 0.717) is 42.1 Å². The molecule has 9 heteroatoms. The fourth-order valence-corrected chi connectivity index (χ4v) is 3.07. The van der Waals surface area contributed by atoms with Gasteiger partial charge in [0, 0.05) is 29.7 Å². The highest BCUT2D eigenvalue weighted by Gasteiger charge is 2.11. The smallest absolute Gasteiger partial charge is 0.208 e. The molecule has 0 radical (unpaired) electrons. The lowest BCUT2D eigenvalue weighted by molar-refractivity contribution is 0.585. The molecule has 1 atom stereocenters. The Balaban J connectivity index is 2.62. The van der Waals surface area contributed by atoms with Crippen LogP contribution in [0.25, 0.3) is 0 Å². The molecule has 0 saturated heterocycles. The molecule has 24 heavy (non-hydrogen) atoms. The zero-order valence-electron chi connectivity index (χ0n) is 14.1. The summed E-state index contributed by atoms with van der Waals surface area (Å²) < 4.78 is 24.4. The highest BCUT2D eigenvalue weighted by atomic mass is 35.5. The van der Waals surface area contributed by atoms with E-state index in [-0.39, 0.29) is 6.04 Å². The summed E-state index contributed by atoms with van der Waals surface area (Å²) in [6.45, 7) is 5.53. The van der Waals surface area contributed by atoms with Gasteiger partial charge in [0.1, 0.15) is 0 Å². The van der Waals surface area contributed by atoms with Crippen molar-refractivity contribution in [2.24, 2.45) is 4.99 Å². The molecular weight excluding hydrogens is 371 g/mol.